The number of fused-ring (bicyclic) bond motifs is 1. The molecule has 0 aliphatic carbocycles. The Bertz CT molecular complexity index is 1520. The molecular formula is C28H24BrN5O. The van der Waals surface area contributed by atoms with Crippen molar-refractivity contribution in [3.8, 4) is 11.3 Å². The predicted molar refractivity (Wildman–Crippen MR) is 141 cm³/mol. The lowest BCUT2D eigenvalue weighted by atomic mass is 9.93. The summed E-state index contributed by atoms with van der Waals surface area (Å²) in [4.78, 5) is 17.5. The van der Waals surface area contributed by atoms with Gasteiger partial charge < -0.3 is 5.32 Å². The number of hydrogen-bond donors (Lipinski definition) is 1. The molecular weight excluding hydrogens is 502 g/mol. The van der Waals surface area contributed by atoms with Crippen LogP contribution in [-0.4, -0.2) is 25.9 Å². The summed E-state index contributed by atoms with van der Waals surface area (Å²) in [6.45, 7) is 4.43. The number of amides is 1. The van der Waals surface area contributed by atoms with Gasteiger partial charge >= 0.3 is 0 Å². The molecule has 1 amide bonds. The maximum absolute atomic E-state index is 13.3. The van der Waals surface area contributed by atoms with E-state index in [9.17, 15) is 4.79 Å². The molecule has 7 heteroatoms. The van der Waals surface area contributed by atoms with E-state index in [0.717, 1.165) is 37.6 Å². The fourth-order valence-electron chi connectivity index (χ4n) is 4.11. The summed E-state index contributed by atoms with van der Waals surface area (Å²) in [5.74, 6) is -0.131. The quantitative estimate of drug-likeness (QED) is 0.296. The monoisotopic (exact) mass is 525 g/mol. The summed E-state index contributed by atoms with van der Waals surface area (Å²) in [6.07, 6.45) is 5.53. The fraction of sp³-hybridized carbons (Fsp3) is 0.143. The van der Waals surface area contributed by atoms with Crippen LogP contribution in [0.2, 0.25) is 0 Å². The van der Waals surface area contributed by atoms with E-state index in [-0.39, 0.29) is 5.91 Å². The molecule has 0 unspecified atom stereocenters. The van der Waals surface area contributed by atoms with Crippen molar-refractivity contribution < 1.29 is 4.79 Å². The van der Waals surface area contributed by atoms with Gasteiger partial charge in [-0.05, 0) is 60.7 Å². The fourth-order valence-corrected chi connectivity index (χ4v) is 4.50. The van der Waals surface area contributed by atoms with Crippen LogP contribution >= 0.6 is 15.9 Å². The second-order valence-corrected chi connectivity index (χ2v) is 9.90. The van der Waals surface area contributed by atoms with Crippen molar-refractivity contribution in [2.75, 3.05) is 0 Å². The second-order valence-electron chi connectivity index (χ2n) is 8.99. The Hall–Kier alpha value is -3.84. The first kappa shape index (κ1) is 22.9. The highest BCUT2D eigenvalue weighted by molar-refractivity contribution is 9.10. The SMILES string of the molecule is CC(C)(NC(=O)c1ccccc1Cn1cc(-c2ccc3cnccc3c2)nn1)c1cccc(Br)c1. The number of rotatable bonds is 6. The van der Waals surface area contributed by atoms with E-state index in [1.165, 1.54) is 0 Å². The van der Waals surface area contributed by atoms with Gasteiger partial charge in [0.25, 0.3) is 5.91 Å². The topological polar surface area (TPSA) is 72.7 Å². The molecule has 0 aliphatic rings. The Labute approximate surface area is 212 Å². The normalized spacial score (nSPS) is 11.5. The van der Waals surface area contributed by atoms with Crippen LogP contribution in [0.4, 0.5) is 0 Å². The van der Waals surface area contributed by atoms with Crippen LogP contribution in [0.1, 0.15) is 35.3 Å². The average Bonchev–Trinajstić information content (AvgIpc) is 3.32. The molecule has 35 heavy (non-hydrogen) atoms. The number of carbonyl (C=O) groups is 1. The van der Waals surface area contributed by atoms with Crippen molar-refractivity contribution in [1.82, 2.24) is 25.3 Å². The van der Waals surface area contributed by atoms with Crippen LogP contribution in [0.3, 0.4) is 0 Å². The zero-order chi connectivity index (χ0) is 24.4. The summed E-state index contributed by atoms with van der Waals surface area (Å²) in [7, 11) is 0. The molecule has 0 aliphatic heterocycles. The largest absolute Gasteiger partial charge is 0.343 e. The van der Waals surface area contributed by atoms with Crippen molar-refractivity contribution in [2.45, 2.75) is 25.9 Å². The third-order valence-corrected chi connectivity index (χ3v) is 6.53. The van der Waals surface area contributed by atoms with E-state index in [0.29, 0.717) is 12.1 Å². The Balaban J connectivity index is 1.37. The molecule has 3 aromatic carbocycles. The highest BCUT2D eigenvalue weighted by atomic mass is 79.9. The zero-order valence-corrected chi connectivity index (χ0v) is 21.0. The first-order chi connectivity index (χ1) is 16.9. The van der Waals surface area contributed by atoms with E-state index < -0.39 is 5.54 Å². The molecule has 0 saturated carbocycles. The van der Waals surface area contributed by atoms with Gasteiger partial charge in [-0.2, -0.15) is 0 Å². The lowest BCUT2D eigenvalue weighted by Gasteiger charge is -2.27. The van der Waals surface area contributed by atoms with Gasteiger partial charge in [-0.3, -0.25) is 9.78 Å². The van der Waals surface area contributed by atoms with Gasteiger partial charge in [0.05, 0.1) is 18.3 Å². The summed E-state index contributed by atoms with van der Waals surface area (Å²) in [5.41, 5.74) is 3.73. The van der Waals surface area contributed by atoms with Crippen molar-refractivity contribution in [3.05, 3.63) is 113 Å². The summed E-state index contributed by atoms with van der Waals surface area (Å²) < 4.78 is 2.74. The van der Waals surface area contributed by atoms with E-state index in [4.69, 9.17) is 0 Å². The van der Waals surface area contributed by atoms with Gasteiger partial charge in [-0.1, -0.05) is 63.6 Å². The molecule has 2 aromatic heterocycles. The number of aromatic nitrogens is 4. The first-order valence-electron chi connectivity index (χ1n) is 11.3. The molecule has 0 atom stereocenters. The van der Waals surface area contributed by atoms with Gasteiger partial charge in [0.15, 0.2) is 0 Å². The average molecular weight is 526 g/mol. The molecule has 0 fully saturated rings. The third kappa shape index (κ3) is 5.00. The van der Waals surface area contributed by atoms with Gasteiger partial charge in [0.2, 0.25) is 0 Å². The minimum Gasteiger partial charge on any atom is -0.343 e. The Morgan fingerprint density at radius 3 is 2.71 bits per heavy atom. The van der Waals surface area contributed by atoms with Gasteiger partial charge in [0, 0.05) is 33.4 Å². The molecule has 5 aromatic rings. The van der Waals surface area contributed by atoms with Crippen LogP contribution in [-0.2, 0) is 12.1 Å². The minimum absolute atomic E-state index is 0.131. The molecule has 6 nitrogen and oxygen atoms in total. The van der Waals surface area contributed by atoms with Crippen LogP contribution in [0.5, 0.6) is 0 Å². The third-order valence-electron chi connectivity index (χ3n) is 6.04. The number of benzene rings is 3. The standard InChI is InChI=1S/C28H24BrN5O/c1-28(2,23-7-5-8-24(29)15-23)31-27(35)25-9-4-3-6-22(25)17-34-18-26(32-33-34)20-10-11-21-16-30-13-12-19(21)14-20/h3-16,18H,17H2,1-2H3,(H,31,35). The van der Waals surface area contributed by atoms with Crippen LogP contribution in [0.25, 0.3) is 22.0 Å². The van der Waals surface area contributed by atoms with E-state index in [1.807, 2.05) is 93.0 Å². The number of pyridine rings is 1. The van der Waals surface area contributed by atoms with Crippen LogP contribution in [0, 0.1) is 0 Å². The molecule has 0 radical (unpaired) electrons. The predicted octanol–water partition coefficient (Wildman–Crippen LogP) is 5.97. The van der Waals surface area contributed by atoms with Crippen molar-refractivity contribution in [3.63, 3.8) is 0 Å². The lowest BCUT2D eigenvalue weighted by Crippen LogP contribution is -2.41. The number of nitrogens with zero attached hydrogens (tertiary/aromatic N) is 4. The van der Waals surface area contributed by atoms with Crippen molar-refractivity contribution in [1.29, 1.82) is 0 Å². The molecule has 174 valence electrons. The molecule has 0 bridgehead atoms. The highest BCUT2D eigenvalue weighted by Gasteiger charge is 2.25. The minimum atomic E-state index is -0.542. The summed E-state index contributed by atoms with van der Waals surface area (Å²) in [6, 6.07) is 23.7. The van der Waals surface area contributed by atoms with Gasteiger partial charge in [0.1, 0.15) is 5.69 Å². The molecule has 1 N–H and O–H groups in total. The molecule has 2 heterocycles. The Morgan fingerprint density at radius 1 is 1.00 bits per heavy atom. The Kier molecular flexibility index (Phi) is 6.17. The smallest absolute Gasteiger partial charge is 0.252 e. The van der Waals surface area contributed by atoms with Crippen LogP contribution < -0.4 is 5.32 Å². The highest BCUT2D eigenvalue weighted by Crippen LogP contribution is 2.25. The van der Waals surface area contributed by atoms with E-state index in [2.05, 4.69) is 42.6 Å². The Morgan fingerprint density at radius 2 is 1.86 bits per heavy atom. The summed E-state index contributed by atoms with van der Waals surface area (Å²) >= 11 is 3.51. The van der Waals surface area contributed by atoms with Crippen molar-refractivity contribution in [2.24, 2.45) is 0 Å². The second kappa shape index (κ2) is 9.43. The maximum Gasteiger partial charge on any atom is 0.252 e. The number of hydrogen-bond acceptors (Lipinski definition) is 4. The number of nitrogens with one attached hydrogen (secondary N) is 1. The molecule has 0 saturated heterocycles. The summed E-state index contributed by atoms with van der Waals surface area (Å²) in [5, 5.41) is 14.0. The van der Waals surface area contributed by atoms with Crippen molar-refractivity contribution >= 4 is 32.6 Å². The number of halogens is 1. The first-order valence-corrected chi connectivity index (χ1v) is 12.1. The van der Waals surface area contributed by atoms with E-state index in [1.54, 1.807) is 10.9 Å². The molecule has 5 rings (SSSR count). The number of carbonyl (C=O) groups excluding carboxylic acids is 1. The molecule has 0 spiro atoms. The van der Waals surface area contributed by atoms with E-state index >= 15 is 0 Å². The lowest BCUT2D eigenvalue weighted by molar-refractivity contribution is 0.0911. The van der Waals surface area contributed by atoms with Gasteiger partial charge in [-0.15, -0.1) is 5.10 Å². The van der Waals surface area contributed by atoms with Gasteiger partial charge in [-0.25, -0.2) is 4.68 Å². The van der Waals surface area contributed by atoms with Crippen LogP contribution in [0.15, 0.2) is 95.9 Å². The zero-order valence-electron chi connectivity index (χ0n) is 19.4. The maximum atomic E-state index is 13.3.